The van der Waals surface area contributed by atoms with Crippen LogP contribution in [0.4, 0.5) is 5.82 Å². The molecule has 3 heterocycles. The van der Waals surface area contributed by atoms with E-state index in [0.29, 0.717) is 30.1 Å². The number of aromatic nitrogens is 2. The summed E-state index contributed by atoms with van der Waals surface area (Å²) < 4.78 is 5.56. The van der Waals surface area contributed by atoms with Gasteiger partial charge in [-0.3, -0.25) is 4.98 Å². The zero-order valence-corrected chi connectivity index (χ0v) is 16.1. The molecule has 28 heavy (non-hydrogen) atoms. The second-order valence-corrected chi connectivity index (χ2v) is 6.49. The Morgan fingerprint density at radius 1 is 1.36 bits per heavy atom. The van der Waals surface area contributed by atoms with Crippen LogP contribution in [0.5, 0.6) is 0 Å². The smallest absolute Gasteiger partial charge is 0.130 e. The number of morpholine rings is 1. The van der Waals surface area contributed by atoms with Crippen molar-refractivity contribution >= 4 is 40.5 Å². The Hall–Kier alpha value is -3.26. The van der Waals surface area contributed by atoms with Crippen molar-refractivity contribution < 1.29 is 4.74 Å². The van der Waals surface area contributed by atoms with E-state index in [-0.39, 0.29) is 6.04 Å². The quantitative estimate of drug-likeness (QED) is 0.569. The highest BCUT2D eigenvalue weighted by atomic mass is 16.5. The van der Waals surface area contributed by atoms with Crippen LogP contribution in [0.2, 0.25) is 0 Å². The van der Waals surface area contributed by atoms with Crippen LogP contribution >= 0.6 is 0 Å². The number of nitrogens with zero attached hydrogens (tertiary/aromatic N) is 3. The molecule has 0 unspecified atom stereocenters. The van der Waals surface area contributed by atoms with Gasteiger partial charge in [-0.15, -0.1) is 0 Å². The van der Waals surface area contributed by atoms with E-state index in [1.165, 1.54) is 12.3 Å². The zero-order chi connectivity index (χ0) is 20.1. The van der Waals surface area contributed by atoms with Gasteiger partial charge in [0.15, 0.2) is 0 Å². The number of hydrogen-bond acceptors (Lipinski definition) is 8. The van der Waals surface area contributed by atoms with Gasteiger partial charge < -0.3 is 31.5 Å². The Balaban J connectivity index is 2.31. The summed E-state index contributed by atoms with van der Waals surface area (Å²) in [5, 5.41) is 18.8. The fourth-order valence-electron chi connectivity index (χ4n) is 3.35. The summed E-state index contributed by atoms with van der Waals surface area (Å²) in [6.07, 6.45) is 7.28. The average molecular weight is 379 g/mol. The summed E-state index contributed by atoms with van der Waals surface area (Å²) in [5.41, 5.74) is 9.45. The van der Waals surface area contributed by atoms with Crippen LogP contribution in [-0.2, 0) is 4.74 Å². The van der Waals surface area contributed by atoms with Crippen molar-refractivity contribution in [2.24, 2.45) is 5.73 Å². The lowest BCUT2D eigenvalue weighted by Gasteiger charge is -2.34. The highest BCUT2D eigenvalue weighted by Crippen LogP contribution is 2.31. The van der Waals surface area contributed by atoms with Crippen LogP contribution in [0.3, 0.4) is 0 Å². The summed E-state index contributed by atoms with van der Waals surface area (Å²) in [6.45, 7) is 4.12. The molecular formula is C20H25N7O. The first-order valence-electron chi connectivity index (χ1n) is 9.10. The summed E-state index contributed by atoms with van der Waals surface area (Å²) in [5.74, 6) is 0.807. The first-order chi connectivity index (χ1) is 13.6. The largest absolute Gasteiger partial charge is 0.397 e. The standard InChI is InChI=1S/C20H25N7O/c1-13-12-28-10-9-27(13)18-11-15(17(24-2)4-7-22)14-5-8-25-20(19(14)26-18)16(23)3-6-21/h3-8,11,13,21-22,24H,9-10,12,23H2,1-2H3/b16-3-,17-4-,21-6?,22-7?/t13-/m1/s1. The minimum atomic E-state index is 0.186. The zero-order valence-electron chi connectivity index (χ0n) is 16.1. The average Bonchev–Trinajstić information content (AvgIpc) is 2.71. The van der Waals surface area contributed by atoms with Gasteiger partial charge in [0.2, 0.25) is 0 Å². The maximum Gasteiger partial charge on any atom is 0.130 e. The number of anilines is 1. The molecule has 146 valence electrons. The monoisotopic (exact) mass is 379 g/mol. The minimum absolute atomic E-state index is 0.186. The van der Waals surface area contributed by atoms with Crippen LogP contribution in [0.1, 0.15) is 18.2 Å². The Morgan fingerprint density at radius 3 is 2.82 bits per heavy atom. The Morgan fingerprint density at radius 2 is 2.14 bits per heavy atom. The van der Waals surface area contributed by atoms with E-state index in [1.54, 1.807) is 12.3 Å². The molecular weight excluding hydrogens is 354 g/mol. The van der Waals surface area contributed by atoms with Crippen molar-refractivity contribution in [2.75, 3.05) is 31.7 Å². The van der Waals surface area contributed by atoms with Crippen molar-refractivity contribution in [3.05, 3.63) is 41.7 Å². The van der Waals surface area contributed by atoms with Gasteiger partial charge >= 0.3 is 0 Å². The van der Waals surface area contributed by atoms with Gasteiger partial charge in [-0.1, -0.05) is 0 Å². The lowest BCUT2D eigenvalue weighted by molar-refractivity contribution is 0.0985. The normalized spacial score (nSPS) is 18.2. The van der Waals surface area contributed by atoms with Gasteiger partial charge in [0.05, 0.1) is 25.0 Å². The summed E-state index contributed by atoms with van der Waals surface area (Å²) in [4.78, 5) is 11.5. The number of hydrogen-bond donors (Lipinski definition) is 4. The third-order valence-corrected chi connectivity index (χ3v) is 4.72. The van der Waals surface area contributed by atoms with Crippen molar-refractivity contribution in [1.82, 2.24) is 15.3 Å². The molecule has 2 aromatic heterocycles. The maximum absolute atomic E-state index is 7.49. The van der Waals surface area contributed by atoms with E-state index >= 15 is 0 Å². The fourth-order valence-corrected chi connectivity index (χ4v) is 3.35. The van der Waals surface area contributed by atoms with E-state index in [2.05, 4.69) is 22.1 Å². The second kappa shape index (κ2) is 8.62. The third-order valence-electron chi connectivity index (χ3n) is 4.72. The summed E-state index contributed by atoms with van der Waals surface area (Å²) in [6, 6.07) is 4.10. The van der Waals surface area contributed by atoms with Crippen molar-refractivity contribution in [1.29, 1.82) is 10.8 Å². The van der Waals surface area contributed by atoms with Gasteiger partial charge in [-0.25, -0.2) is 4.98 Å². The molecule has 1 fully saturated rings. The molecule has 0 amide bonds. The van der Waals surface area contributed by atoms with Crippen LogP contribution in [-0.4, -0.2) is 55.2 Å². The Kier molecular flexibility index (Phi) is 6.00. The predicted octanol–water partition coefficient (Wildman–Crippen LogP) is 2.01. The topological polar surface area (TPSA) is 124 Å². The number of nitrogens with two attached hydrogens (primary N) is 1. The SMILES string of the molecule is CN/C(=C\C=N)c1cc(N2CCOC[C@H]2C)nc2c(/C(N)=C/C=N)nccc12. The summed E-state index contributed by atoms with van der Waals surface area (Å²) in [7, 11) is 1.82. The number of nitrogens with one attached hydrogen (secondary N) is 3. The highest BCUT2D eigenvalue weighted by molar-refractivity contribution is 6.00. The molecule has 5 N–H and O–H groups in total. The molecule has 2 aromatic rings. The van der Waals surface area contributed by atoms with Gasteiger partial charge in [-0.2, -0.15) is 0 Å². The van der Waals surface area contributed by atoms with Crippen LogP contribution < -0.4 is 16.0 Å². The van der Waals surface area contributed by atoms with E-state index in [0.717, 1.165) is 35.2 Å². The molecule has 1 aliphatic rings. The minimum Gasteiger partial charge on any atom is -0.397 e. The van der Waals surface area contributed by atoms with Gasteiger partial charge in [0, 0.05) is 48.9 Å². The third kappa shape index (κ3) is 3.72. The Bertz CT molecular complexity index is 951. The first kappa shape index (κ1) is 19.5. The molecule has 8 nitrogen and oxygen atoms in total. The highest BCUT2D eigenvalue weighted by Gasteiger charge is 2.23. The van der Waals surface area contributed by atoms with Crippen LogP contribution in [0.15, 0.2) is 30.5 Å². The lowest BCUT2D eigenvalue weighted by atomic mass is 10.0. The molecule has 1 saturated heterocycles. The number of rotatable bonds is 6. The fraction of sp³-hybridized carbons (Fsp3) is 0.300. The number of ether oxygens (including phenoxy) is 1. The van der Waals surface area contributed by atoms with E-state index in [4.69, 9.17) is 26.3 Å². The molecule has 0 aromatic carbocycles. The predicted molar refractivity (Wildman–Crippen MR) is 114 cm³/mol. The molecule has 0 aliphatic carbocycles. The summed E-state index contributed by atoms with van der Waals surface area (Å²) >= 11 is 0. The van der Waals surface area contributed by atoms with Gasteiger partial charge in [0.25, 0.3) is 0 Å². The lowest BCUT2D eigenvalue weighted by Crippen LogP contribution is -2.44. The first-order valence-corrected chi connectivity index (χ1v) is 9.10. The van der Waals surface area contributed by atoms with Crippen molar-refractivity contribution in [3.63, 3.8) is 0 Å². The number of allylic oxidation sites excluding steroid dienone is 2. The maximum atomic E-state index is 7.49. The van der Waals surface area contributed by atoms with Crippen LogP contribution in [0.25, 0.3) is 22.3 Å². The van der Waals surface area contributed by atoms with E-state index in [9.17, 15) is 0 Å². The number of pyridine rings is 2. The molecule has 0 spiro atoms. The molecule has 0 radical (unpaired) electrons. The van der Waals surface area contributed by atoms with E-state index < -0.39 is 0 Å². The number of fused-ring (bicyclic) bond motifs is 1. The Labute approximate surface area is 164 Å². The van der Waals surface area contributed by atoms with Crippen molar-refractivity contribution in [2.45, 2.75) is 13.0 Å². The molecule has 1 atom stereocenters. The van der Waals surface area contributed by atoms with Crippen LogP contribution in [0, 0.1) is 10.8 Å². The van der Waals surface area contributed by atoms with Crippen molar-refractivity contribution in [3.8, 4) is 0 Å². The van der Waals surface area contributed by atoms with Gasteiger partial charge in [0.1, 0.15) is 17.0 Å². The van der Waals surface area contributed by atoms with Gasteiger partial charge in [-0.05, 0) is 31.2 Å². The molecule has 0 saturated carbocycles. The molecule has 3 rings (SSSR count). The molecule has 8 heteroatoms. The second-order valence-electron chi connectivity index (χ2n) is 6.49. The molecule has 1 aliphatic heterocycles. The van der Waals surface area contributed by atoms with E-state index in [1.807, 2.05) is 19.2 Å². The molecule has 0 bridgehead atoms.